The monoisotopic (exact) mass is 1340 g/mol. The van der Waals surface area contributed by atoms with Gasteiger partial charge in [0.25, 0.3) is 0 Å². The van der Waals surface area contributed by atoms with E-state index in [0.29, 0.717) is 62.0 Å². The van der Waals surface area contributed by atoms with Gasteiger partial charge in [-0.25, -0.2) is 39.1 Å². The highest BCUT2D eigenvalue weighted by molar-refractivity contribution is 9.09. The molecule has 0 aromatic carbocycles. The minimum Gasteiger partial charge on any atom is -0.464 e. The van der Waals surface area contributed by atoms with Crippen LogP contribution in [-0.4, -0.2) is 211 Å². The summed E-state index contributed by atoms with van der Waals surface area (Å²) in [5, 5.41) is 10.1. The number of pyridine rings is 4. The van der Waals surface area contributed by atoms with Crippen molar-refractivity contribution in [3.8, 4) is 0 Å². The van der Waals surface area contributed by atoms with E-state index in [-0.39, 0.29) is 61.0 Å². The van der Waals surface area contributed by atoms with Crippen molar-refractivity contribution < 1.29 is 76.3 Å². The third-order valence-corrected chi connectivity index (χ3v) is 11.9. The summed E-state index contributed by atoms with van der Waals surface area (Å²) in [6.45, 7) is 27.2. The van der Waals surface area contributed by atoms with Crippen LogP contribution in [0.1, 0.15) is 148 Å². The van der Waals surface area contributed by atoms with E-state index < -0.39 is 58.6 Å². The van der Waals surface area contributed by atoms with E-state index in [9.17, 15) is 38.4 Å². The lowest BCUT2D eigenvalue weighted by atomic mass is 10.2. The van der Waals surface area contributed by atoms with Gasteiger partial charge in [0.1, 0.15) is 50.5 Å². The second-order valence-corrected chi connectivity index (χ2v) is 24.9. The molecule has 0 fully saturated rings. The number of rotatable bonds is 31. The molecule has 0 radical (unpaired) electrons. The van der Waals surface area contributed by atoms with Gasteiger partial charge in [0.2, 0.25) is 0 Å². The zero-order chi connectivity index (χ0) is 68.4. The second kappa shape index (κ2) is 40.5. The van der Waals surface area contributed by atoms with Crippen LogP contribution in [0.3, 0.4) is 0 Å². The van der Waals surface area contributed by atoms with E-state index in [2.05, 4.69) is 61.3 Å². The molecule has 91 heavy (non-hydrogen) atoms. The number of alkyl halides is 1. The summed E-state index contributed by atoms with van der Waals surface area (Å²) in [5.74, 6) is -3.62. The molecule has 0 atom stereocenters. The molecule has 0 bridgehead atoms. The highest BCUT2D eigenvalue weighted by Crippen LogP contribution is 2.15. The molecular formula is C64H95BrN10O16. The summed E-state index contributed by atoms with van der Waals surface area (Å²) in [5.41, 5.74) is 1.01. The fourth-order valence-corrected chi connectivity index (χ4v) is 7.95. The predicted octanol–water partition coefficient (Wildman–Crippen LogP) is 5.92. The summed E-state index contributed by atoms with van der Waals surface area (Å²) in [7, 11) is 5.22. The molecule has 0 aliphatic carbocycles. The van der Waals surface area contributed by atoms with Crippen LogP contribution in [0.2, 0.25) is 0 Å². The lowest BCUT2D eigenvalue weighted by molar-refractivity contribution is -0.158. The zero-order valence-corrected chi connectivity index (χ0v) is 57.4. The molecule has 26 nitrogen and oxygen atoms in total. The average Bonchev–Trinajstić information content (AvgIpc) is 2.06. The first kappa shape index (κ1) is 79.7. The molecule has 0 unspecified atom stereocenters. The van der Waals surface area contributed by atoms with Crippen molar-refractivity contribution in [1.29, 1.82) is 0 Å². The Hall–Kier alpha value is -7.40. The van der Waals surface area contributed by atoms with Gasteiger partial charge in [0.15, 0.2) is 0 Å². The Morgan fingerprint density at radius 3 is 0.901 bits per heavy atom. The molecule has 0 aliphatic rings. The van der Waals surface area contributed by atoms with E-state index in [1.54, 1.807) is 123 Å². The number of nitrogens with zero attached hydrogens (tertiary/aromatic N) is 7. The van der Waals surface area contributed by atoms with Gasteiger partial charge in [-0.3, -0.25) is 33.9 Å². The molecule has 504 valence electrons. The van der Waals surface area contributed by atoms with Gasteiger partial charge < -0.3 is 53.8 Å². The van der Waals surface area contributed by atoms with Crippen LogP contribution >= 0.6 is 15.9 Å². The van der Waals surface area contributed by atoms with Crippen LogP contribution in [-0.2, 0) is 83.3 Å². The number of hydrogen-bond acceptors (Lipinski definition) is 26. The molecule has 0 amide bonds. The van der Waals surface area contributed by atoms with Gasteiger partial charge in [-0.05, 0) is 132 Å². The maximum Gasteiger partial charge on any atom is 0.356 e. The fraction of sp³-hybridized carbons (Fsp3) is 0.562. The van der Waals surface area contributed by atoms with Crippen LogP contribution in [0, 0.1) is 0 Å². The van der Waals surface area contributed by atoms with Crippen molar-refractivity contribution in [2.24, 2.45) is 0 Å². The third-order valence-electron chi connectivity index (χ3n) is 11.5. The average molecular weight is 1340 g/mol. The van der Waals surface area contributed by atoms with Crippen molar-refractivity contribution in [1.82, 2.24) is 50.6 Å². The number of ether oxygens (including phenoxy) is 8. The number of nitrogens with one attached hydrogen (secondary N) is 3. The van der Waals surface area contributed by atoms with Crippen molar-refractivity contribution in [3.63, 3.8) is 0 Å². The highest BCUT2D eigenvalue weighted by Gasteiger charge is 2.26. The normalized spacial score (nSPS) is 11.5. The summed E-state index contributed by atoms with van der Waals surface area (Å²) in [4.78, 5) is 120. The van der Waals surface area contributed by atoms with Gasteiger partial charge in [0.05, 0.1) is 70.8 Å². The number of hydrogen-bond donors (Lipinski definition) is 3. The molecule has 4 rings (SSSR count). The molecule has 0 spiro atoms. The van der Waals surface area contributed by atoms with Gasteiger partial charge >= 0.3 is 47.8 Å². The Balaban J connectivity index is 0.000000614. The quantitative estimate of drug-likeness (QED) is 0.0228. The summed E-state index contributed by atoms with van der Waals surface area (Å²) < 4.78 is 40.7. The van der Waals surface area contributed by atoms with Gasteiger partial charge in [0, 0.05) is 78.5 Å². The maximum atomic E-state index is 13.1. The molecular weight excluding hydrogens is 1240 g/mol. The molecule has 0 saturated carbocycles. The second-order valence-electron chi connectivity index (χ2n) is 24.3. The van der Waals surface area contributed by atoms with Crippen LogP contribution in [0.25, 0.3) is 0 Å². The number of halogens is 1. The SMILES string of the molecule is CC(C)(C)OC(=O)CBr.COC(=O)c1cccc(CN(CCN(CCN(CC(=O)OC(C)(C)C)Cc2cccc(C(=O)OC)n2)CC(=O)OC(C)(C)C)CC(=O)OC(C)(C)C)n1.COC(=O)c1cccc(CNCCNCCNCc2cccc(C(=O)OC)n2)n1. The van der Waals surface area contributed by atoms with Crippen molar-refractivity contribution in [2.75, 3.05) is 106 Å². The number of carbonyl (C=O) groups excluding carboxylic acids is 8. The van der Waals surface area contributed by atoms with E-state index in [4.69, 9.17) is 28.4 Å². The first-order valence-electron chi connectivity index (χ1n) is 29.5. The Morgan fingerprint density at radius 2 is 0.626 bits per heavy atom. The minimum absolute atomic E-state index is 0.0794. The summed E-state index contributed by atoms with van der Waals surface area (Å²) in [6, 6.07) is 20.5. The standard InChI is InChI=1S/C38H57N5O10.C20H27N5O4.C6H11BrO2/c1-36(2,3)51-31(44)24-41(18-20-42(25-32(45)52-37(4,5)6)22-27-14-12-16-29(39-27)34(47)49-10)19-21-43(26-33(46)53-38(7,8)9)23-28-15-13-17-30(40-28)35(48)50-11;1-28-19(26)17-7-3-5-15(24-17)13-22-11-9-21-10-12-23-14-16-6-4-8-18(25-16)20(27)29-2;1-6(2,3)9-5(8)4-7/h12-17H,18-26H2,1-11H3;3-8,21-23H,9-14H2,1-2H3;4H2,1-3H3. The van der Waals surface area contributed by atoms with E-state index in [1.165, 1.54) is 28.4 Å². The van der Waals surface area contributed by atoms with Crippen molar-refractivity contribution in [2.45, 2.75) is 132 Å². The van der Waals surface area contributed by atoms with Gasteiger partial charge in [-0.1, -0.05) is 40.2 Å². The van der Waals surface area contributed by atoms with Crippen LogP contribution in [0.4, 0.5) is 0 Å². The molecule has 4 aromatic rings. The molecule has 4 aromatic heterocycles. The molecule has 3 N–H and O–H groups in total. The van der Waals surface area contributed by atoms with Crippen LogP contribution in [0.5, 0.6) is 0 Å². The molecule has 0 aliphatic heterocycles. The largest absolute Gasteiger partial charge is 0.464 e. The topological polar surface area (TPSA) is 308 Å². The molecule has 4 heterocycles. The first-order valence-corrected chi connectivity index (χ1v) is 30.7. The number of esters is 8. The molecule has 27 heteroatoms. The Bertz CT molecular complexity index is 2780. The van der Waals surface area contributed by atoms with E-state index in [1.807, 2.05) is 47.6 Å². The van der Waals surface area contributed by atoms with E-state index >= 15 is 0 Å². The number of methoxy groups -OCH3 is 4. The van der Waals surface area contributed by atoms with Crippen molar-refractivity contribution in [3.05, 3.63) is 118 Å². The van der Waals surface area contributed by atoms with Crippen molar-refractivity contribution >= 4 is 63.7 Å². The first-order chi connectivity index (χ1) is 42.6. The van der Waals surface area contributed by atoms with E-state index in [0.717, 1.165) is 37.6 Å². The fourth-order valence-electron chi connectivity index (χ4n) is 7.84. The van der Waals surface area contributed by atoms with Crippen LogP contribution < -0.4 is 16.0 Å². The summed E-state index contributed by atoms with van der Waals surface area (Å²) >= 11 is 2.99. The van der Waals surface area contributed by atoms with Gasteiger partial charge in [-0.15, -0.1) is 0 Å². The lowest BCUT2D eigenvalue weighted by Crippen LogP contribution is -2.45. The Kier molecular flexibility index (Phi) is 35.4. The zero-order valence-electron chi connectivity index (χ0n) is 55.8. The maximum absolute atomic E-state index is 13.1. The van der Waals surface area contributed by atoms with Crippen LogP contribution in [0.15, 0.2) is 72.8 Å². The van der Waals surface area contributed by atoms with Gasteiger partial charge in [-0.2, -0.15) is 0 Å². The molecule has 0 saturated heterocycles. The Labute approximate surface area is 544 Å². The number of aromatic nitrogens is 4. The predicted molar refractivity (Wildman–Crippen MR) is 343 cm³/mol. The minimum atomic E-state index is -0.721. The smallest absolute Gasteiger partial charge is 0.356 e. The number of carbonyl (C=O) groups is 8. The lowest BCUT2D eigenvalue weighted by Gasteiger charge is -2.31. The Morgan fingerprint density at radius 1 is 0.374 bits per heavy atom. The third kappa shape index (κ3) is 36.9. The summed E-state index contributed by atoms with van der Waals surface area (Å²) in [6.07, 6.45) is 0. The highest BCUT2D eigenvalue weighted by atomic mass is 79.9.